The van der Waals surface area contributed by atoms with Crippen molar-refractivity contribution in [3.8, 4) is 0 Å². The minimum atomic E-state index is -0.0268. The predicted octanol–water partition coefficient (Wildman–Crippen LogP) is 5.27. The van der Waals surface area contributed by atoms with Crippen LogP contribution in [0.25, 0.3) is 0 Å². The first kappa shape index (κ1) is 21.4. The fourth-order valence-corrected chi connectivity index (χ4v) is 4.57. The Labute approximate surface area is 178 Å². The molecule has 0 aliphatic heterocycles. The monoisotopic (exact) mass is 410 g/mol. The highest BCUT2D eigenvalue weighted by atomic mass is 32.2. The fourth-order valence-electron chi connectivity index (χ4n) is 3.79. The molecule has 0 radical (unpaired) electrons. The molecule has 2 amide bonds. The Morgan fingerprint density at radius 3 is 2.48 bits per heavy atom. The summed E-state index contributed by atoms with van der Waals surface area (Å²) >= 11 is 1.60. The van der Waals surface area contributed by atoms with Gasteiger partial charge in [-0.05, 0) is 49.6 Å². The van der Waals surface area contributed by atoms with Crippen LogP contribution in [0.4, 0.5) is 5.69 Å². The number of nitrogens with zero attached hydrogens (tertiary/aromatic N) is 1. The van der Waals surface area contributed by atoms with Crippen molar-refractivity contribution in [2.75, 3.05) is 18.1 Å². The van der Waals surface area contributed by atoms with E-state index < -0.39 is 0 Å². The lowest BCUT2D eigenvalue weighted by Gasteiger charge is -2.31. The molecular weight excluding hydrogens is 380 g/mol. The lowest BCUT2D eigenvalue weighted by molar-refractivity contribution is -0.113. The Morgan fingerprint density at radius 1 is 1.07 bits per heavy atom. The van der Waals surface area contributed by atoms with Crippen LogP contribution in [0.3, 0.4) is 0 Å². The maximum Gasteiger partial charge on any atom is 0.253 e. The number of aryl methyl sites for hydroxylation is 1. The molecule has 4 nitrogen and oxygen atoms in total. The summed E-state index contributed by atoms with van der Waals surface area (Å²) < 4.78 is 0. The van der Waals surface area contributed by atoms with Crippen LogP contribution in [0, 0.1) is 6.92 Å². The van der Waals surface area contributed by atoms with Crippen LogP contribution in [0.2, 0.25) is 0 Å². The largest absolute Gasteiger partial charge is 0.339 e. The van der Waals surface area contributed by atoms with Gasteiger partial charge in [0.05, 0.1) is 5.75 Å². The molecule has 29 heavy (non-hydrogen) atoms. The van der Waals surface area contributed by atoms with E-state index in [2.05, 4.69) is 30.4 Å². The SMILES string of the molecule is Cc1cccc(CSCC(=O)Nc2ccc(C(=O)N(C)C3CCCCC3)cc2)c1. The summed E-state index contributed by atoms with van der Waals surface area (Å²) in [5, 5.41) is 2.91. The third kappa shape index (κ3) is 6.36. The number of nitrogens with one attached hydrogen (secondary N) is 1. The molecule has 1 N–H and O–H groups in total. The molecule has 0 bridgehead atoms. The highest BCUT2D eigenvalue weighted by Gasteiger charge is 2.22. The molecule has 2 aromatic carbocycles. The molecule has 0 aromatic heterocycles. The minimum absolute atomic E-state index is 0.0268. The van der Waals surface area contributed by atoms with Crippen molar-refractivity contribution in [2.24, 2.45) is 0 Å². The molecule has 5 heteroatoms. The molecule has 3 rings (SSSR count). The van der Waals surface area contributed by atoms with Gasteiger partial charge >= 0.3 is 0 Å². The van der Waals surface area contributed by atoms with Gasteiger partial charge in [0.15, 0.2) is 0 Å². The van der Waals surface area contributed by atoms with E-state index >= 15 is 0 Å². The van der Waals surface area contributed by atoms with E-state index in [0.29, 0.717) is 17.4 Å². The lowest BCUT2D eigenvalue weighted by Crippen LogP contribution is -2.38. The number of rotatable bonds is 7. The molecule has 1 fully saturated rings. The molecule has 1 saturated carbocycles. The number of thioether (sulfide) groups is 1. The Kier molecular flexibility index (Phi) is 7.76. The van der Waals surface area contributed by atoms with E-state index in [1.165, 1.54) is 30.4 Å². The summed E-state index contributed by atoms with van der Waals surface area (Å²) in [6.45, 7) is 2.07. The first-order valence-electron chi connectivity index (χ1n) is 10.3. The second kappa shape index (κ2) is 10.5. The highest BCUT2D eigenvalue weighted by molar-refractivity contribution is 7.99. The van der Waals surface area contributed by atoms with Crippen LogP contribution in [0.15, 0.2) is 48.5 Å². The van der Waals surface area contributed by atoms with Crippen molar-refractivity contribution in [3.05, 3.63) is 65.2 Å². The van der Waals surface area contributed by atoms with E-state index in [1.807, 2.05) is 30.1 Å². The summed E-state index contributed by atoms with van der Waals surface area (Å²) in [5.41, 5.74) is 3.86. The van der Waals surface area contributed by atoms with Crippen molar-refractivity contribution in [1.29, 1.82) is 0 Å². The molecule has 0 heterocycles. The zero-order chi connectivity index (χ0) is 20.6. The number of amides is 2. The summed E-state index contributed by atoms with van der Waals surface area (Å²) in [7, 11) is 1.90. The summed E-state index contributed by atoms with van der Waals surface area (Å²) in [6.07, 6.45) is 5.87. The van der Waals surface area contributed by atoms with Gasteiger partial charge in [-0.1, -0.05) is 49.1 Å². The van der Waals surface area contributed by atoms with Gasteiger partial charge in [-0.25, -0.2) is 0 Å². The van der Waals surface area contributed by atoms with E-state index in [0.717, 1.165) is 24.3 Å². The molecule has 1 aliphatic rings. The van der Waals surface area contributed by atoms with Gasteiger partial charge < -0.3 is 10.2 Å². The average molecular weight is 411 g/mol. The molecule has 2 aromatic rings. The quantitative estimate of drug-likeness (QED) is 0.676. The van der Waals surface area contributed by atoms with Gasteiger partial charge in [0, 0.05) is 30.1 Å². The van der Waals surface area contributed by atoms with Gasteiger partial charge in [0.2, 0.25) is 5.91 Å². The lowest BCUT2D eigenvalue weighted by atomic mass is 9.94. The van der Waals surface area contributed by atoms with Gasteiger partial charge in [0.1, 0.15) is 0 Å². The van der Waals surface area contributed by atoms with Crippen LogP contribution >= 0.6 is 11.8 Å². The van der Waals surface area contributed by atoms with Crippen LogP contribution in [-0.2, 0) is 10.5 Å². The van der Waals surface area contributed by atoms with Crippen molar-refractivity contribution in [3.63, 3.8) is 0 Å². The normalized spacial score (nSPS) is 14.4. The Balaban J connectivity index is 1.46. The molecule has 0 spiro atoms. The van der Waals surface area contributed by atoms with Crippen molar-refractivity contribution in [1.82, 2.24) is 4.90 Å². The number of hydrogen-bond acceptors (Lipinski definition) is 3. The highest BCUT2D eigenvalue weighted by Crippen LogP contribution is 2.23. The van der Waals surface area contributed by atoms with Gasteiger partial charge in [-0.3, -0.25) is 9.59 Å². The predicted molar refractivity (Wildman–Crippen MR) is 121 cm³/mol. The molecule has 0 saturated heterocycles. The van der Waals surface area contributed by atoms with Crippen molar-refractivity contribution >= 4 is 29.3 Å². The Morgan fingerprint density at radius 2 is 1.79 bits per heavy atom. The number of carbonyl (C=O) groups is 2. The minimum Gasteiger partial charge on any atom is -0.339 e. The number of benzene rings is 2. The van der Waals surface area contributed by atoms with Crippen LogP contribution in [0.5, 0.6) is 0 Å². The van der Waals surface area contributed by atoms with Gasteiger partial charge in [0.25, 0.3) is 5.91 Å². The van der Waals surface area contributed by atoms with Crippen molar-refractivity contribution < 1.29 is 9.59 Å². The number of hydrogen-bond donors (Lipinski definition) is 1. The van der Waals surface area contributed by atoms with E-state index in [4.69, 9.17) is 0 Å². The van der Waals surface area contributed by atoms with Crippen LogP contribution < -0.4 is 5.32 Å². The maximum absolute atomic E-state index is 12.7. The number of anilines is 1. The van der Waals surface area contributed by atoms with Gasteiger partial charge in [-0.15, -0.1) is 11.8 Å². The van der Waals surface area contributed by atoms with Crippen molar-refractivity contribution in [2.45, 2.75) is 50.8 Å². The topological polar surface area (TPSA) is 49.4 Å². The second-order valence-corrected chi connectivity index (χ2v) is 8.80. The smallest absolute Gasteiger partial charge is 0.253 e. The Hall–Kier alpha value is -2.27. The number of carbonyl (C=O) groups excluding carboxylic acids is 2. The first-order chi connectivity index (χ1) is 14.0. The van der Waals surface area contributed by atoms with Crippen LogP contribution in [-0.4, -0.2) is 35.6 Å². The zero-order valence-electron chi connectivity index (χ0n) is 17.3. The van der Waals surface area contributed by atoms with Crippen LogP contribution in [0.1, 0.15) is 53.6 Å². The third-order valence-electron chi connectivity index (χ3n) is 5.44. The maximum atomic E-state index is 12.7. The summed E-state index contributed by atoms with van der Waals surface area (Å²) in [6, 6.07) is 15.9. The first-order valence-corrected chi connectivity index (χ1v) is 11.5. The second-order valence-electron chi connectivity index (χ2n) is 7.82. The molecule has 1 aliphatic carbocycles. The molecular formula is C24H30N2O2S. The summed E-state index contributed by atoms with van der Waals surface area (Å²) in [4.78, 5) is 26.8. The third-order valence-corrected chi connectivity index (χ3v) is 6.45. The zero-order valence-corrected chi connectivity index (χ0v) is 18.1. The molecule has 0 atom stereocenters. The van der Waals surface area contributed by atoms with E-state index in [1.54, 1.807) is 23.9 Å². The fraction of sp³-hybridized carbons (Fsp3) is 0.417. The average Bonchev–Trinajstić information content (AvgIpc) is 2.74. The summed E-state index contributed by atoms with van der Waals surface area (Å²) in [5.74, 6) is 1.25. The Bertz CT molecular complexity index is 829. The van der Waals surface area contributed by atoms with E-state index in [9.17, 15) is 9.59 Å². The molecule has 154 valence electrons. The van der Waals surface area contributed by atoms with E-state index in [-0.39, 0.29) is 11.8 Å². The molecule has 0 unspecified atom stereocenters. The standard InChI is InChI=1S/C24H30N2O2S/c1-18-7-6-8-19(15-18)16-29-17-23(27)25-21-13-11-20(12-14-21)24(28)26(2)22-9-4-3-5-10-22/h6-8,11-15,22H,3-5,9-10,16-17H2,1-2H3,(H,25,27). The van der Waals surface area contributed by atoms with Gasteiger partial charge in [-0.2, -0.15) is 0 Å².